The van der Waals surface area contributed by atoms with Gasteiger partial charge in [-0.1, -0.05) is 47.5 Å². The predicted molar refractivity (Wildman–Crippen MR) is 77.8 cm³/mol. The summed E-state index contributed by atoms with van der Waals surface area (Å²) >= 11 is 3.76. The normalized spacial score (nSPS) is 12.9. The minimum Gasteiger partial charge on any atom is -0.253 e. The number of halogens is 1. The quantitative estimate of drug-likeness (QED) is 0.747. The monoisotopic (exact) mass is 291 g/mol. The lowest BCUT2D eigenvalue weighted by Gasteiger charge is -2.11. The molecule has 90 valence electrons. The molecule has 0 saturated carbocycles. The van der Waals surface area contributed by atoms with E-state index in [0.717, 1.165) is 17.6 Å². The predicted octanol–water partition coefficient (Wildman–Crippen LogP) is 4.65. The van der Waals surface area contributed by atoms with Crippen LogP contribution in [0.25, 0.3) is 10.9 Å². The van der Waals surface area contributed by atoms with Gasteiger partial charge >= 0.3 is 0 Å². The second-order valence-electron chi connectivity index (χ2n) is 4.53. The zero-order chi connectivity index (χ0) is 12.3. The van der Waals surface area contributed by atoms with E-state index in [2.05, 4.69) is 65.1 Å². The summed E-state index contributed by atoms with van der Waals surface area (Å²) in [7, 11) is 0. The molecule has 2 heteroatoms. The smallest absolute Gasteiger partial charge is 0.0707 e. The van der Waals surface area contributed by atoms with E-state index >= 15 is 0 Å². The summed E-state index contributed by atoms with van der Waals surface area (Å²) in [6, 6.07) is 10.6. The molecule has 0 spiro atoms. The first-order valence-corrected chi connectivity index (χ1v) is 7.11. The molecule has 0 N–H and O–H groups in total. The maximum atomic E-state index is 4.57. The van der Waals surface area contributed by atoms with E-state index in [-0.39, 0.29) is 0 Å². The molecule has 1 heterocycles. The molecule has 0 fully saturated rings. The topological polar surface area (TPSA) is 12.9 Å². The van der Waals surface area contributed by atoms with Crippen molar-refractivity contribution in [2.45, 2.75) is 37.9 Å². The first-order chi connectivity index (χ1) is 8.20. The number of aryl methyl sites for hydroxylation is 1. The summed E-state index contributed by atoms with van der Waals surface area (Å²) in [5, 5.41) is 1.29. The molecular weight excluding hydrogens is 274 g/mol. The van der Waals surface area contributed by atoms with Gasteiger partial charge in [0.15, 0.2) is 0 Å². The highest BCUT2D eigenvalue weighted by molar-refractivity contribution is 9.09. The number of nitrogens with zero attached hydrogens (tertiary/aromatic N) is 1. The number of benzene rings is 1. The maximum absolute atomic E-state index is 4.57. The van der Waals surface area contributed by atoms with Crippen molar-refractivity contribution in [3.05, 3.63) is 41.6 Å². The van der Waals surface area contributed by atoms with Crippen LogP contribution in [0.5, 0.6) is 0 Å². The van der Waals surface area contributed by atoms with Gasteiger partial charge < -0.3 is 0 Å². The molecule has 17 heavy (non-hydrogen) atoms. The van der Waals surface area contributed by atoms with Crippen LogP contribution < -0.4 is 0 Å². The molecule has 0 amide bonds. The number of alkyl halides is 1. The first kappa shape index (κ1) is 12.6. The number of para-hydroxylation sites is 1. The third-order valence-electron chi connectivity index (χ3n) is 2.97. The van der Waals surface area contributed by atoms with Gasteiger partial charge in [0.1, 0.15) is 0 Å². The molecule has 2 aromatic rings. The summed E-state index contributed by atoms with van der Waals surface area (Å²) in [6.07, 6.45) is 3.52. The Bertz CT molecular complexity index is 507. The SMILES string of the molecule is CCCC(Br)Cc1cc(C)nc2ccccc12. The van der Waals surface area contributed by atoms with Crippen LogP contribution in [0.3, 0.4) is 0 Å². The summed E-state index contributed by atoms with van der Waals surface area (Å²) in [5.74, 6) is 0. The molecule has 0 bridgehead atoms. The van der Waals surface area contributed by atoms with Gasteiger partial charge in [-0.05, 0) is 37.5 Å². The molecule has 1 nitrogen and oxygen atoms in total. The van der Waals surface area contributed by atoms with Crippen molar-refractivity contribution >= 4 is 26.8 Å². The fraction of sp³-hybridized carbons (Fsp3) is 0.400. The van der Waals surface area contributed by atoms with Gasteiger partial charge in [-0.15, -0.1) is 0 Å². The van der Waals surface area contributed by atoms with Gasteiger partial charge in [0.25, 0.3) is 0 Å². The fourth-order valence-corrected chi connectivity index (χ4v) is 3.02. The Labute approximate surface area is 111 Å². The van der Waals surface area contributed by atoms with Crippen LogP contribution in [0.2, 0.25) is 0 Å². The van der Waals surface area contributed by atoms with Crippen molar-refractivity contribution in [1.82, 2.24) is 4.98 Å². The van der Waals surface area contributed by atoms with Crippen molar-refractivity contribution in [2.75, 3.05) is 0 Å². The van der Waals surface area contributed by atoms with E-state index in [9.17, 15) is 0 Å². The average Bonchev–Trinajstić information content (AvgIpc) is 2.29. The number of pyridine rings is 1. The molecule has 0 aliphatic heterocycles. The van der Waals surface area contributed by atoms with Gasteiger partial charge in [0, 0.05) is 15.9 Å². The third-order valence-corrected chi connectivity index (χ3v) is 3.75. The molecule has 1 atom stereocenters. The van der Waals surface area contributed by atoms with E-state index in [0.29, 0.717) is 4.83 Å². The Morgan fingerprint density at radius 3 is 2.82 bits per heavy atom. The molecule has 1 unspecified atom stereocenters. The Morgan fingerprint density at radius 1 is 1.29 bits per heavy atom. The van der Waals surface area contributed by atoms with Gasteiger partial charge in [0.05, 0.1) is 5.52 Å². The lowest BCUT2D eigenvalue weighted by atomic mass is 10.0. The lowest BCUT2D eigenvalue weighted by molar-refractivity contribution is 0.746. The van der Waals surface area contributed by atoms with Gasteiger partial charge in [-0.25, -0.2) is 0 Å². The van der Waals surface area contributed by atoms with E-state index in [1.807, 2.05) is 0 Å². The van der Waals surface area contributed by atoms with E-state index in [1.54, 1.807) is 0 Å². The van der Waals surface area contributed by atoms with Crippen molar-refractivity contribution in [3.63, 3.8) is 0 Å². The van der Waals surface area contributed by atoms with E-state index < -0.39 is 0 Å². The molecule has 0 aliphatic rings. The van der Waals surface area contributed by atoms with E-state index in [1.165, 1.54) is 23.8 Å². The summed E-state index contributed by atoms with van der Waals surface area (Å²) < 4.78 is 0. The Balaban J connectivity index is 2.38. The van der Waals surface area contributed by atoms with Crippen LogP contribution >= 0.6 is 15.9 Å². The molecule has 0 saturated heterocycles. The minimum atomic E-state index is 0.567. The zero-order valence-electron chi connectivity index (χ0n) is 10.4. The molecular formula is C15H18BrN. The minimum absolute atomic E-state index is 0.567. The second kappa shape index (κ2) is 5.63. The van der Waals surface area contributed by atoms with E-state index in [4.69, 9.17) is 0 Å². The standard InChI is InChI=1S/C15H18BrN/c1-3-6-13(16)10-12-9-11(2)17-15-8-5-4-7-14(12)15/h4-5,7-9,13H,3,6,10H2,1-2H3. The number of aromatic nitrogens is 1. The van der Waals surface area contributed by atoms with Crippen LogP contribution in [0.1, 0.15) is 31.0 Å². The first-order valence-electron chi connectivity index (χ1n) is 6.20. The fourth-order valence-electron chi connectivity index (χ4n) is 2.22. The Morgan fingerprint density at radius 2 is 2.06 bits per heavy atom. The molecule has 0 aliphatic carbocycles. The third kappa shape index (κ3) is 3.06. The van der Waals surface area contributed by atoms with Crippen LogP contribution in [0.4, 0.5) is 0 Å². The Hall–Kier alpha value is -0.890. The maximum Gasteiger partial charge on any atom is 0.0707 e. The van der Waals surface area contributed by atoms with Crippen molar-refractivity contribution in [1.29, 1.82) is 0 Å². The van der Waals surface area contributed by atoms with Crippen molar-refractivity contribution in [3.8, 4) is 0 Å². The van der Waals surface area contributed by atoms with Gasteiger partial charge in [0.2, 0.25) is 0 Å². The second-order valence-corrected chi connectivity index (χ2v) is 5.82. The summed E-state index contributed by atoms with van der Waals surface area (Å²) in [6.45, 7) is 4.29. The summed E-state index contributed by atoms with van der Waals surface area (Å²) in [5.41, 5.74) is 3.62. The van der Waals surface area contributed by atoms with Crippen LogP contribution in [0, 0.1) is 6.92 Å². The van der Waals surface area contributed by atoms with Crippen LogP contribution in [0.15, 0.2) is 30.3 Å². The number of hydrogen-bond acceptors (Lipinski definition) is 1. The number of hydrogen-bond donors (Lipinski definition) is 0. The molecule has 1 aromatic carbocycles. The van der Waals surface area contributed by atoms with Gasteiger partial charge in [-0.3, -0.25) is 4.98 Å². The highest BCUT2D eigenvalue weighted by Crippen LogP contribution is 2.23. The highest BCUT2D eigenvalue weighted by atomic mass is 79.9. The van der Waals surface area contributed by atoms with Crippen molar-refractivity contribution < 1.29 is 0 Å². The molecule has 1 aromatic heterocycles. The largest absolute Gasteiger partial charge is 0.253 e. The average molecular weight is 292 g/mol. The van der Waals surface area contributed by atoms with Crippen LogP contribution in [-0.4, -0.2) is 9.81 Å². The Kier molecular flexibility index (Phi) is 4.16. The van der Waals surface area contributed by atoms with Gasteiger partial charge in [-0.2, -0.15) is 0 Å². The van der Waals surface area contributed by atoms with Crippen molar-refractivity contribution in [2.24, 2.45) is 0 Å². The number of rotatable bonds is 4. The highest BCUT2D eigenvalue weighted by Gasteiger charge is 2.08. The van der Waals surface area contributed by atoms with Crippen LogP contribution in [-0.2, 0) is 6.42 Å². The zero-order valence-corrected chi connectivity index (χ0v) is 12.0. The lowest BCUT2D eigenvalue weighted by Crippen LogP contribution is -2.03. The summed E-state index contributed by atoms with van der Waals surface area (Å²) in [4.78, 5) is 5.14. The molecule has 0 radical (unpaired) electrons. The molecule has 2 rings (SSSR count). The number of fused-ring (bicyclic) bond motifs is 1.